The molecule has 0 bridgehead atoms. The lowest BCUT2D eigenvalue weighted by Crippen LogP contribution is -2.45. The van der Waals surface area contributed by atoms with Gasteiger partial charge in [0.1, 0.15) is 12.5 Å². The van der Waals surface area contributed by atoms with E-state index in [4.69, 9.17) is 9.47 Å². The molecule has 1 aromatic carbocycles. The Morgan fingerprint density at radius 1 is 1.06 bits per heavy atom. The molecule has 0 radical (unpaired) electrons. The van der Waals surface area contributed by atoms with Gasteiger partial charge in [0.05, 0.1) is 38.5 Å². The first-order chi connectivity index (χ1) is 14.6. The lowest BCUT2D eigenvalue weighted by molar-refractivity contribution is -0.154. The zero-order valence-electron chi connectivity index (χ0n) is 17.7. The van der Waals surface area contributed by atoms with Gasteiger partial charge in [-0.3, -0.25) is 9.59 Å². The average Bonchev–Trinajstić information content (AvgIpc) is 2.75. The third-order valence-corrected chi connectivity index (χ3v) is 4.21. The Morgan fingerprint density at radius 3 is 2.16 bits per heavy atom. The van der Waals surface area contributed by atoms with E-state index >= 15 is 0 Å². The van der Waals surface area contributed by atoms with Gasteiger partial charge >= 0.3 is 23.9 Å². The number of hydrogen-bond acceptors (Lipinski definition) is 8. The van der Waals surface area contributed by atoms with E-state index in [1.807, 2.05) is 0 Å². The number of amides is 1. The van der Waals surface area contributed by atoms with Crippen molar-refractivity contribution in [3.63, 3.8) is 0 Å². The number of methoxy groups -OCH3 is 2. The van der Waals surface area contributed by atoms with Crippen molar-refractivity contribution in [2.24, 2.45) is 0 Å². The fraction of sp³-hybridized carbons (Fsp3) is 0.381. The van der Waals surface area contributed by atoms with Crippen LogP contribution < -0.4 is 0 Å². The average molecular weight is 435 g/mol. The van der Waals surface area contributed by atoms with Gasteiger partial charge in [-0.15, -0.1) is 0 Å². The topological polar surface area (TPSA) is 137 Å². The van der Waals surface area contributed by atoms with E-state index in [0.29, 0.717) is 11.1 Å². The van der Waals surface area contributed by atoms with Crippen LogP contribution in [-0.2, 0) is 33.4 Å². The third kappa shape index (κ3) is 7.57. The van der Waals surface area contributed by atoms with Crippen molar-refractivity contribution in [3.8, 4) is 0 Å². The molecule has 0 unspecified atom stereocenters. The van der Waals surface area contributed by atoms with Crippen LogP contribution in [0.25, 0.3) is 6.08 Å². The summed E-state index contributed by atoms with van der Waals surface area (Å²) < 4.78 is 14.1. The van der Waals surface area contributed by atoms with Crippen molar-refractivity contribution in [2.45, 2.75) is 26.3 Å². The number of aliphatic carboxylic acids is 1. The van der Waals surface area contributed by atoms with Crippen LogP contribution in [-0.4, -0.2) is 73.2 Å². The minimum absolute atomic E-state index is 0.0290. The minimum atomic E-state index is -1.32. The highest BCUT2D eigenvalue weighted by Crippen LogP contribution is 2.15. The van der Waals surface area contributed by atoms with Gasteiger partial charge in [0.2, 0.25) is 5.91 Å². The van der Waals surface area contributed by atoms with E-state index in [-0.39, 0.29) is 12.2 Å². The standard InChI is InChI=1S/C21H25NO9/c1-5-31-18(24)11-17(23)22(13(2)19(25)26)12-16(21(28)30-4)10-14-6-8-15(9-7-14)20(27)29-3/h6-10,13H,5,11-12H2,1-4H3,(H,25,26)/b16-10+/t13-/m0/s1. The minimum Gasteiger partial charge on any atom is -0.480 e. The highest BCUT2D eigenvalue weighted by molar-refractivity contribution is 5.99. The molecule has 0 spiro atoms. The van der Waals surface area contributed by atoms with Gasteiger partial charge in [-0.05, 0) is 37.6 Å². The summed E-state index contributed by atoms with van der Waals surface area (Å²) in [6, 6.07) is 4.73. The van der Waals surface area contributed by atoms with Crippen molar-refractivity contribution in [2.75, 3.05) is 27.4 Å². The van der Waals surface area contributed by atoms with E-state index in [1.165, 1.54) is 32.2 Å². The predicted molar refractivity (Wildman–Crippen MR) is 108 cm³/mol. The van der Waals surface area contributed by atoms with Crippen molar-refractivity contribution in [3.05, 3.63) is 41.0 Å². The first-order valence-corrected chi connectivity index (χ1v) is 9.29. The molecule has 0 heterocycles. The molecule has 0 fully saturated rings. The Kier molecular flexibility index (Phi) is 9.90. The molecule has 1 amide bonds. The second kappa shape index (κ2) is 12.1. The summed E-state index contributed by atoms with van der Waals surface area (Å²) in [6.45, 7) is 2.47. The SMILES string of the molecule is CCOC(=O)CC(=O)N(C/C(=C\c1ccc(C(=O)OC)cc1)C(=O)OC)[C@@H](C)C(=O)O. The quantitative estimate of drug-likeness (QED) is 0.249. The maximum absolute atomic E-state index is 12.6. The predicted octanol–water partition coefficient (Wildman–Crippen LogP) is 1.28. The number of nitrogens with zero attached hydrogens (tertiary/aromatic N) is 1. The van der Waals surface area contributed by atoms with Gasteiger partial charge in [0, 0.05) is 0 Å². The molecule has 10 nitrogen and oxygen atoms in total. The second-order valence-electron chi connectivity index (χ2n) is 6.29. The summed E-state index contributed by atoms with van der Waals surface area (Å²) in [4.78, 5) is 60.4. The zero-order valence-corrected chi connectivity index (χ0v) is 17.7. The molecule has 0 aromatic heterocycles. The Labute approximate surface area is 179 Å². The lowest BCUT2D eigenvalue weighted by atomic mass is 10.1. The first kappa shape index (κ1) is 25.3. The van der Waals surface area contributed by atoms with Gasteiger partial charge in [-0.2, -0.15) is 0 Å². The van der Waals surface area contributed by atoms with Crippen molar-refractivity contribution >= 4 is 35.9 Å². The third-order valence-electron chi connectivity index (χ3n) is 4.21. The fourth-order valence-electron chi connectivity index (χ4n) is 2.53. The summed E-state index contributed by atoms with van der Waals surface area (Å²) in [5, 5.41) is 9.35. The molecule has 0 saturated carbocycles. The highest BCUT2D eigenvalue weighted by atomic mass is 16.5. The van der Waals surface area contributed by atoms with Gasteiger partial charge < -0.3 is 24.2 Å². The van der Waals surface area contributed by atoms with Crippen LogP contribution in [0, 0.1) is 0 Å². The monoisotopic (exact) mass is 435 g/mol. The number of ether oxygens (including phenoxy) is 3. The van der Waals surface area contributed by atoms with Crippen LogP contribution in [0.1, 0.15) is 36.2 Å². The zero-order chi connectivity index (χ0) is 23.6. The molecular weight excluding hydrogens is 410 g/mol. The van der Waals surface area contributed by atoms with Crippen LogP contribution in [0.5, 0.6) is 0 Å². The van der Waals surface area contributed by atoms with Gasteiger partial charge in [0.25, 0.3) is 0 Å². The number of carbonyl (C=O) groups is 5. The molecule has 1 rings (SSSR count). The molecule has 31 heavy (non-hydrogen) atoms. The molecule has 1 atom stereocenters. The summed E-state index contributed by atoms with van der Waals surface area (Å²) in [5.41, 5.74) is 0.762. The summed E-state index contributed by atoms with van der Waals surface area (Å²) >= 11 is 0. The summed E-state index contributed by atoms with van der Waals surface area (Å²) in [5.74, 6) is -4.26. The van der Waals surface area contributed by atoms with Crippen molar-refractivity contribution in [1.82, 2.24) is 4.90 Å². The van der Waals surface area contributed by atoms with Crippen LogP contribution in [0.15, 0.2) is 29.8 Å². The number of hydrogen-bond donors (Lipinski definition) is 1. The van der Waals surface area contributed by atoms with Gasteiger partial charge in [0.15, 0.2) is 0 Å². The van der Waals surface area contributed by atoms with E-state index in [2.05, 4.69) is 4.74 Å². The van der Waals surface area contributed by atoms with Crippen molar-refractivity contribution < 1.29 is 43.3 Å². The number of rotatable bonds is 10. The van der Waals surface area contributed by atoms with E-state index in [1.54, 1.807) is 19.1 Å². The molecule has 0 aliphatic heterocycles. The fourth-order valence-corrected chi connectivity index (χ4v) is 2.53. The highest BCUT2D eigenvalue weighted by Gasteiger charge is 2.29. The first-order valence-electron chi connectivity index (χ1n) is 9.29. The van der Waals surface area contributed by atoms with E-state index in [0.717, 1.165) is 12.0 Å². The maximum Gasteiger partial charge on any atom is 0.337 e. The van der Waals surface area contributed by atoms with Crippen LogP contribution in [0.3, 0.4) is 0 Å². The smallest absolute Gasteiger partial charge is 0.337 e. The number of benzene rings is 1. The largest absolute Gasteiger partial charge is 0.480 e. The molecule has 0 aliphatic carbocycles. The normalized spacial score (nSPS) is 11.8. The second-order valence-corrected chi connectivity index (χ2v) is 6.29. The molecule has 10 heteroatoms. The molecular formula is C21H25NO9. The van der Waals surface area contributed by atoms with Crippen LogP contribution in [0.2, 0.25) is 0 Å². The summed E-state index contributed by atoms with van der Waals surface area (Å²) in [6.07, 6.45) is 0.722. The van der Waals surface area contributed by atoms with Crippen LogP contribution in [0.4, 0.5) is 0 Å². The number of carboxylic acids is 1. The molecule has 1 N–H and O–H groups in total. The number of carboxylic acid groups (broad SMARTS) is 1. The Morgan fingerprint density at radius 2 is 1.68 bits per heavy atom. The Bertz CT molecular complexity index is 858. The maximum atomic E-state index is 12.6. The molecule has 168 valence electrons. The molecule has 0 aliphatic rings. The van der Waals surface area contributed by atoms with Crippen molar-refractivity contribution in [1.29, 1.82) is 0 Å². The molecule has 0 saturated heterocycles. The van der Waals surface area contributed by atoms with Gasteiger partial charge in [-0.1, -0.05) is 12.1 Å². The number of esters is 3. The van der Waals surface area contributed by atoms with E-state index < -0.39 is 48.8 Å². The number of carbonyl (C=O) groups excluding carboxylic acids is 4. The molecule has 1 aromatic rings. The Balaban J connectivity index is 3.24. The Hall–Kier alpha value is -3.69. The van der Waals surface area contributed by atoms with Gasteiger partial charge in [-0.25, -0.2) is 14.4 Å². The lowest BCUT2D eigenvalue weighted by Gasteiger charge is -2.27. The van der Waals surface area contributed by atoms with E-state index in [9.17, 15) is 29.1 Å². The summed E-state index contributed by atoms with van der Waals surface area (Å²) in [7, 11) is 2.39. The van der Waals surface area contributed by atoms with Crippen LogP contribution >= 0.6 is 0 Å².